The summed E-state index contributed by atoms with van der Waals surface area (Å²) in [7, 11) is -4.10. The Morgan fingerprint density at radius 2 is 1.57 bits per heavy atom. The summed E-state index contributed by atoms with van der Waals surface area (Å²) in [6, 6.07) is 19.5. The third-order valence-electron chi connectivity index (χ3n) is 5.91. The molecule has 1 atom stereocenters. The highest BCUT2D eigenvalue weighted by molar-refractivity contribution is 7.92. The van der Waals surface area contributed by atoms with E-state index in [4.69, 9.17) is 0 Å². The Labute approximate surface area is 218 Å². The van der Waals surface area contributed by atoms with Crippen LogP contribution in [0.4, 0.5) is 10.1 Å². The number of rotatable bonds is 11. The molecule has 0 aliphatic rings. The number of nitrogens with zero attached hydrogens (tertiary/aromatic N) is 2. The highest BCUT2D eigenvalue weighted by atomic mass is 32.2. The van der Waals surface area contributed by atoms with Crippen molar-refractivity contribution in [1.29, 1.82) is 0 Å². The number of aryl methyl sites for hydroxylation is 1. The summed E-state index contributed by atoms with van der Waals surface area (Å²) in [6.45, 7) is 5.29. The van der Waals surface area contributed by atoms with E-state index in [0.717, 1.165) is 16.3 Å². The van der Waals surface area contributed by atoms with Crippen molar-refractivity contribution in [3.63, 3.8) is 0 Å². The molecule has 0 bridgehead atoms. The standard InChI is InChI=1S/C28H32FN3O4S/c1-4-18-30-28(34)22(3)31(19-23-12-14-24(29)15-13-23)27(33)20-32(25-8-6-5-7-9-25)37(35,36)26-16-10-21(2)11-17-26/h5-17,22H,4,18-20H2,1-3H3,(H,30,34)/t22-/m1/s1. The number of hydrogen-bond acceptors (Lipinski definition) is 4. The van der Waals surface area contributed by atoms with Crippen LogP contribution in [0.2, 0.25) is 0 Å². The minimum absolute atomic E-state index is 0.00698. The predicted molar refractivity (Wildman–Crippen MR) is 142 cm³/mol. The molecule has 1 N–H and O–H groups in total. The van der Waals surface area contributed by atoms with Gasteiger partial charge in [-0.2, -0.15) is 0 Å². The molecule has 2 amide bonds. The van der Waals surface area contributed by atoms with Gasteiger partial charge in [-0.1, -0.05) is 55.0 Å². The lowest BCUT2D eigenvalue weighted by molar-refractivity contribution is -0.139. The number of para-hydroxylation sites is 1. The van der Waals surface area contributed by atoms with E-state index in [9.17, 15) is 22.4 Å². The molecule has 3 rings (SSSR count). The van der Waals surface area contributed by atoms with E-state index in [-0.39, 0.29) is 17.3 Å². The number of halogens is 1. The third kappa shape index (κ3) is 7.16. The molecule has 0 unspecified atom stereocenters. The van der Waals surface area contributed by atoms with E-state index in [2.05, 4.69) is 5.32 Å². The maximum atomic E-state index is 13.7. The van der Waals surface area contributed by atoms with E-state index < -0.39 is 34.3 Å². The van der Waals surface area contributed by atoms with Gasteiger partial charge in [0.2, 0.25) is 11.8 Å². The minimum atomic E-state index is -4.10. The lowest BCUT2D eigenvalue weighted by Crippen LogP contribution is -2.51. The average Bonchev–Trinajstić information content (AvgIpc) is 2.90. The first kappa shape index (κ1) is 27.9. The fourth-order valence-corrected chi connectivity index (χ4v) is 5.14. The molecule has 7 nitrogen and oxygen atoms in total. The molecule has 3 aromatic carbocycles. The van der Waals surface area contributed by atoms with Gasteiger partial charge in [0.15, 0.2) is 0 Å². The summed E-state index contributed by atoms with van der Waals surface area (Å²) in [5.74, 6) is -1.34. The molecule has 0 saturated carbocycles. The Hall–Kier alpha value is -3.72. The largest absolute Gasteiger partial charge is 0.354 e. The quantitative estimate of drug-likeness (QED) is 0.405. The fourth-order valence-electron chi connectivity index (χ4n) is 3.73. The molecule has 0 heterocycles. The van der Waals surface area contributed by atoms with E-state index in [1.54, 1.807) is 49.4 Å². The summed E-state index contributed by atoms with van der Waals surface area (Å²) in [6.07, 6.45) is 0.723. The molecule has 0 aliphatic heterocycles. The van der Waals surface area contributed by atoms with Gasteiger partial charge in [0.05, 0.1) is 10.6 Å². The molecular weight excluding hydrogens is 493 g/mol. The molecule has 0 spiro atoms. The van der Waals surface area contributed by atoms with Crippen molar-refractivity contribution in [2.24, 2.45) is 0 Å². The number of nitrogens with one attached hydrogen (secondary N) is 1. The van der Waals surface area contributed by atoms with Gasteiger partial charge in [-0.15, -0.1) is 0 Å². The number of hydrogen-bond donors (Lipinski definition) is 1. The molecule has 0 fully saturated rings. The normalized spacial score (nSPS) is 12.0. The second-order valence-corrected chi connectivity index (χ2v) is 10.6. The van der Waals surface area contributed by atoms with Crippen LogP contribution >= 0.6 is 0 Å². The first-order valence-corrected chi connectivity index (χ1v) is 13.5. The Kier molecular flexibility index (Phi) is 9.41. The molecule has 3 aromatic rings. The Balaban J connectivity index is 1.98. The van der Waals surface area contributed by atoms with Gasteiger partial charge in [0.25, 0.3) is 10.0 Å². The number of carbonyl (C=O) groups is 2. The summed E-state index contributed by atoms with van der Waals surface area (Å²) in [5, 5.41) is 2.78. The van der Waals surface area contributed by atoms with Crippen LogP contribution in [0, 0.1) is 12.7 Å². The van der Waals surface area contributed by atoms with Crippen molar-refractivity contribution in [2.45, 2.75) is 44.7 Å². The minimum Gasteiger partial charge on any atom is -0.354 e. The van der Waals surface area contributed by atoms with Crippen molar-refractivity contribution >= 4 is 27.5 Å². The maximum Gasteiger partial charge on any atom is 0.264 e. The zero-order valence-electron chi connectivity index (χ0n) is 21.2. The van der Waals surface area contributed by atoms with E-state index in [1.165, 1.54) is 41.3 Å². The molecule has 0 radical (unpaired) electrons. The topological polar surface area (TPSA) is 86.8 Å². The molecule has 0 aromatic heterocycles. The van der Waals surface area contributed by atoms with Gasteiger partial charge in [-0.05, 0) is 62.2 Å². The Morgan fingerprint density at radius 1 is 0.946 bits per heavy atom. The van der Waals surface area contributed by atoms with Crippen LogP contribution in [0.1, 0.15) is 31.4 Å². The van der Waals surface area contributed by atoms with Crippen LogP contribution < -0.4 is 9.62 Å². The highest BCUT2D eigenvalue weighted by Crippen LogP contribution is 2.24. The van der Waals surface area contributed by atoms with Gasteiger partial charge in [-0.25, -0.2) is 12.8 Å². The zero-order chi connectivity index (χ0) is 27.0. The molecule has 9 heteroatoms. The number of carbonyl (C=O) groups excluding carboxylic acids is 2. The molecule has 0 saturated heterocycles. The summed E-state index contributed by atoms with van der Waals surface area (Å²) in [4.78, 5) is 27.9. The molecule has 0 aliphatic carbocycles. The number of sulfonamides is 1. The van der Waals surface area contributed by atoms with Crippen LogP contribution in [-0.4, -0.2) is 44.3 Å². The third-order valence-corrected chi connectivity index (χ3v) is 7.70. The van der Waals surface area contributed by atoms with Crippen molar-refractivity contribution < 1.29 is 22.4 Å². The summed E-state index contributed by atoms with van der Waals surface area (Å²) >= 11 is 0. The average molecular weight is 526 g/mol. The molecule has 37 heavy (non-hydrogen) atoms. The zero-order valence-corrected chi connectivity index (χ0v) is 22.0. The van der Waals surface area contributed by atoms with Gasteiger partial charge in [0.1, 0.15) is 18.4 Å². The fraction of sp³-hybridized carbons (Fsp3) is 0.286. The maximum absolute atomic E-state index is 13.7. The predicted octanol–water partition coefficient (Wildman–Crippen LogP) is 4.27. The van der Waals surface area contributed by atoms with Gasteiger partial charge < -0.3 is 10.2 Å². The molecule has 196 valence electrons. The van der Waals surface area contributed by atoms with Crippen LogP contribution in [0.3, 0.4) is 0 Å². The second kappa shape index (κ2) is 12.5. The summed E-state index contributed by atoms with van der Waals surface area (Å²) in [5.41, 5.74) is 1.83. The van der Waals surface area contributed by atoms with E-state index >= 15 is 0 Å². The number of anilines is 1. The van der Waals surface area contributed by atoms with Gasteiger partial charge >= 0.3 is 0 Å². The SMILES string of the molecule is CCCNC(=O)[C@@H](C)N(Cc1ccc(F)cc1)C(=O)CN(c1ccccc1)S(=O)(=O)c1ccc(C)cc1. The second-order valence-electron chi connectivity index (χ2n) is 8.78. The van der Waals surface area contributed by atoms with Crippen LogP contribution in [0.25, 0.3) is 0 Å². The van der Waals surface area contributed by atoms with Crippen molar-refractivity contribution in [3.05, 3.63) is 95.8 Å². The van der Waals surface area contributed by atoms with Crippen LogP contribution in [0.5, 0.6) is 0 Å². The number of benzene rings is 3. The van der Waals surface area contributed by atoms with Crippen LogP contribution in [-0.2, 0) is 26.2 Å². The van der Waals surface area contributed by atoms with Crippen LogP contribution in [0.15, 0.2) is 83.8 Å². The number of amides is 2. The lowest BCUT2D eigenvalue weighted by atomic mass is 10.1. The van der Waals surface area contributed by atoms with Crippen molar-refractivity contribution in [1.82, 2.24) is 10.2 Å². The van der Waals surface area contributed by atoms with E-state index in [0.29, 0.717) is 17.8 Å². The highest BCUT2D eigenvalue weighted by Gasteiger charge is 2.32. The van der Waals surface area contributed by atoms with Gasteiger partial charge in [-0.3, -0.25) is 13.9 Å². The molecular formula is C28H32FN3O4S. The van der Waals surface area contributed by atoms with Gasteiger partial charge in [0, 0.05) is 13.1 Å². The Morgan fingerprint density at radius 3 is 2.16 bits per heavy atom. The summed E-state index contributed by atoms with van der Waals surface area (Å²) < 4.78 is 41.9. The lowest BCUT2D eigenvalue weighted by Gasteiger charge is -2.32. The van der Waals surface area contributed by atoms with Crippen molar-refractivity contribution in [2.75, 3.05) is 17.4 Å². The Bertz CT molecular complexity index is 1300. The first-order chi connectivity index (χ1) is 17.6. The smallest absolute Gasteiger partial charge is 0.264 e. The monoisotopic (exact) mass is 525 g/mol. The van der Waals surface area contributed by atoms with E-state index in [1.807, 2.05) is 13.8 Å². The van der Waals surface area contributed by atoms with Crippen molar-refractivity contribution in [3.8, 4) is 0 Å². The first-order valence-electron chi connectivity index (χ1n) is 12.1.